The van der Waals surface area contributed by atoms with Crippen molar-refractivity contribution < 1.29 is 0 Å². The molecule has 0 aliphatic carbocycles. The van der Waals surface area contributed by atoms with Gasteiger partial charge in [-0.1, -0.05) is 77.6 Å². The maximum absolute atomic E-state index is 6.18. The molecular formula is C14H10Br3Cl. The van der Waals surface area contributed by atoms with Crippen LogP contribution in [0, 0.1) is 0 Å². The summed E-state index contributed by atoms with van der Waals surface area (Å²) in [4.78, 5) is 0.242. The van der Waals surface area contributed by atoms with Crippen molar-refractivity contribution in [3.8, 4) is 0 Å². The third kappa shape index (κ3) is 3.83. The van der Waals surface area contributed by atoms with E-state index in [1.807, 2.05) is 24.3 Å². The Labute approximate surface area is 137 Å². The summed E-state index contributed by atoms with van der Waals surface area (Å²) < 4.78 is 2.13. The molecule has 0 aromatic heterocycles. The second kappa shape index (κ2) is 6.56. The van der Waals surface area contributed by atoms with Crippen molar-refractivity contribution in [1.82, 2.24) is 0 Å². The van der Waals surface area contributed by atoms with E-state index in [0.717, 1.165) is 26.0 Å². The van der Waals surface area contributed by atoms with E-state index in [2.05, 4.69) is 66.0 Å². The van der Waals surface area contributed by atoms with Gasteiger partial charge in [-0.2, -0.15) is 0 Å². The summed E-state index contributed by atoms with van der Waals surface area (Å²) in [5.41, 5.74) is 2.37. The highest BCUT2D eigenvalue weighted by Gasteiger charge is 2.11. The molecule has 0 saturated carbocycles. The molecule has 4 heteroatoms. The molecule has 1 unspecified atom stereocenters. The maximum Gasteiger partial charge on any atom is 0.0438 e. The van der Waals surface area contributed by atoms with E-state index in [9.17, 15) is 0 Å². The van der Waals surface area contributed by atoms with Crippen LogP contribution in [-0.4, -0.2) is 0 Å². The smallest absolute Gasteiger partial charge is 0.0438 e. The molecule has 0 amide bonds. The van der Waals surface area contributed by atoms with Crippen LogP contribution >= 0.6 is 59.4 Å². The van der Waals surface area contributed by atoms with Gasteiger partial charge in [0.1, 0.15) is 0 Å². The highest BCUT2D eigenvalue weighted by molar-refractivity contribution is 9.11. The van der Waals surface area contributed by atoms with Crippen LogP contribution in [0.15, 0.2) is 51.4 Å². The van der Waals surface area contributed by atoms with Crippen molar-refractivity contribution in [1.29, 1.82) is 0 Å². The molecule has 0 spiro atoms. The van der Waals surface area contributed by atoms with Crippen molar-refractivity contribution in [2.24, 2.45) is 0 Å². The maximum atomic E-state index is 6.18. The minimum Gasteiger partial charge on any atom is -0.0840 e. The molecule has 1 atom stereocenters. The monoisotopic (exact) mass is 450 g/mol. The molecule has 2 aromatic rings. The Morgan fingerprint density at radius 1 is 1.00 bits per heavy atom. The average Bonchev–Trinajstić information content (AvgIpc) is 2.31. The highest BCUT2D eigenvalue weighted by atomic mass is 79.9. The van der Waals surface area contributed by atoms with E-state index in [0.29, 0.717) is 0 Å². The summed E-state index contributed by atoms with van der Waals surface area (Å²) in [5, 5.41) is 0.816. The predicted octanol–water partition coefficient (Wildman–Crippen LogP) is 6.54. The number of halogens is 4. The average molecular weight is 453 g/mol. The largest absolute Gasteiger partial charge is 0.0840 e. The Kier molecular flexibility index (Phi) is 5.31. The van der Waals surface area contributed by atoms with Crippen molar-refractivity contribution in [2.75, 3.05) is 0 Å². The second-order valence-electron chi connectivity index (χ2n) is 3.97. The Hall–Kier alpha value is 0.170. The van der Waals surface area contributed by atoms with Crippen molar-refractivity contribution in [2.45, 2.75) is 11.2 Å². The lowest BCUT2D eigenvalue weighted by Gasteiger charge is -2.12. The van der Waals surface area contributed by atoms with Crippen LogP contribution in [0.1, 0.15) is 16.0 Å². The van der Waals surface area contributed by atoms with Gasteiger partial charge in [0.25, 0.3) is 0 Å². The molecule has 0 N–H and O–H groups in total. The van der Waals surface area contributed by atoms with Crippen molar-refractivity contribution in [3.05, 3.63) is 67.6 Å². The lowest BCUT2D eigenvalue weighted by molar-refractivity contribution is 0.947. The molecule has 0 aliphatic heterocycles. The molecular weight excluding hydrogens is 443 g/mol. The molecule has 0 heterocycles. The van der Waals surface area contributed by atoms with Crippen LogP contribution in [-0.2, 0) is 6.42 Å². The zero-order valence-electron chi connectivity index (χ0n) is 9.34. The third-order valence-electron chi connectivity index (χ3n) is 2.60. The number of benzene rings is 2. The molecule has 0 saturated heterocycles. The molecule has 0 fully saturated rings. The van der Waals surface area contributed by atoms with Gasteiger partial charge in [-0.05, 0) is 41.8 Å². The van der Waals surface area contributed by atoms with Gasteiger partial charge in [-0.15, -0.1) is 0 Å². The molecule has 0 nitrogen and oxygen atoms in total. The van der Waals surface area contributed by atoms with Gasteiger partial charge >= 0.3 is 0 Å². The molecule has 18 heavy (non-hydrogen) atoms. The van der Waals surface area contributed by atoms with E-state index < -0.39 is 0 Å². The van der Waals surface area contributed by atoms with E-state index in [1.165, 1.54) is 5.56 Å². The summed E-state index contributed by atoms with van der Waals surface area (Å²) in [6, 6.07) is 14.2. The normalized spacial score (nSPS) is 12.4. The molecule has 0 bridgehead atoms. The van der Waals surface area contributed by atoms with Gasteiger partial charge in [-0.25, -0.2) is 0 Å². The fraction of sp³-hybridized carbons (Fsp3) is 0.143. The fourth-order valence-corrected chi connectivity index (χ4v) is 3.89. The van der Waals surface area contributed by atoms with E-state index in [1.54, 1.807) is 0 Å². The zero-order chi connectivity index (χ0) is 13.1. The van der Waals surface area contributed by atoms with Crippen LogP contribution in [0.25, 0.3) is 0 Å². The van der Waals surface area contributed by atoms with Crippen molar-refractivity contribution >= 4 is 59.4 Å². The topological polar surface area (TPSA) is 0 Å². The summed E-state index contributed by atoms with van der Waals surface area (Å²) >= 11 is 16.9. The standard InChI is InChI=1S/C14H10Br3Cl/c15-11-5-10(6-12(16)8-11)13(17)7-9-3-1-2-4-14(9)18/h1-6,8,13H,7H2. The lowest BCUT2D eigenvalue weighted by Crippen LogP contribution is -1.96. The van der Waals surface area contributed by atoms with E-state index >= 15 is 0 Å². The SMILES string of the molecule is Clc1ccccc1CC(Br)c1cc(Br)cc(Br)c1. The number of alkyl halides is 1. The predicted molar refractivity (Wildman–Crippen MR) is 88.7 cm³/mol. The minimum absolute atomic E-state index is 0.242. The first-order chi connectivity index (χ1) is 8.56. The quantitative estimate of drug-likeness (QED) is 0.463. The molecule has 0 radical (unpaired) electrons. The van der Waals surface area contributed by atoms with Gasteiger partial charge in [0.05, 0.1) is 0 Å². The van der Waals surface area contributed by atoms with E-state index in [-0.39, 0.29) is 4.83 Å². The third-order valence-corrected chi connectivity index (χ3v) is 4.74. The lowest BCUT2D eigenvalue weighted by atomic mass is 10.0. The molecule has 2 rings (SSSR count). The zero-order valence-corrected chi connectivity index (χ0v) is 14.9. The first kappa shape index (κ1) is 14.6. The van der Waals surface area contributed by atoms with Crippen LogP contribution in [0.4, 0.5) is 0 Å². The van der Waals surface area contributed by atoms with Gasteiger partial charge in [0, 0.05) is 18.8 Å². The number of rotatable bonds is 3. The van der Waals surface area contributed by atoms with Gasteiger partial charge < -0.3 is 0 Å². The van der Waals surface area contributed by atoms with Gasteiger partial charge in [0.2, 0.25) is 0 Å². The Morgan fingerprint density at radius 3 is 2.22 bits per heavy atom. The summed E-state index contributed by atoms with van der Waals surface area (Å²) in [5.74, 6) is 0. The second-order valence-corrected chi connectivity index (χ2v) is 7.31. The van der Waals surface area contributed by atoms with Crippen LogP contribution in [0.5, 0.6) is 0 Å². The first-order valence-electron chi connectivity index (χ1n) is 5.40. The van der Waals surface area contributed by atoms with Crippen LogP contribution in [0.3, 0.4) is 0 Å². The summed E-state index contributed by atoms with van der Waals surface area (Å²) in [6.07, 6.45) is 0.864. The molecule has 94 valence electrons. The van der Waals surface area contributed by atoms with Crippen LogP contribution in [0.2, 0.25) is 5.02 Å². The Bertz CT molecular complexity index is 534. The summed E-state index contributed by atoms with van der Waals surface area (Å²) in [7, 11) is 0. The first-order valence-corrected chi connectivity index (χ1v) is 8.27. The number of hydrogen-bond acceptors (Lipinski definition) is 0. The molecule has 0 aliphatic rings. The Morgan fingerprint density at radius 2 is 1.61 bits per heavy atom. The van der Waals surface area contributed by atoms with E-state index in [4.69, 9.17) is 11.6 Å². The summed E-state index contributed by atoms with van der Waals surface area (Å²) in [6.45, 7) is 0. The van der Waals surface area contributed by atoms with Crippen molar-refractivity contribution in [3.63, 3.8) is 0 Å². The molecule has 2 aromatic carbocycles. The fourth-order valence-electron chi connectivity index (χ4n) is 1.73. The minimum atomic E-state index is 0.242. The number of hydrogen-bond donors (Lipinski definition) is 0. The highest BCUT2D eigenvalue weighted by Crippen LogP contribution is 2.33. The van der Waals surface area contributed by atoms with Gasteiger partial charge in [-0.3, -0.25) is 0 Å². The Balaban J connectivity index is 2.22. The van der Waals surface area contributed by atoms with Gasteiger partial charge in [0.15, 0.2) is 0 Å². The van der Waals surface area contributed by atoms with Crippen LogP contribution < -0.4 is 0 Å².